The molecule has 0 aliphatic heterocycles. The zero-order valence-corrected chi connectivity index (χ0v) is 9.43. The Morgan fingerprint density at radius 1 is 1.27 bits per heavy atom. The third-order valence-corrected chi connectivity index (χ3v) is 4.07. The smallest absolute Gasteiger partial charge is 0.0183 e. The average molecular weight is 249 g/mol. The van der Waals surface area contributed by atoms with Gasteiger partial charge in [0.15, 0.2) is 0 Å². The molecule has 0 saturated carbocycles. The number of benzene rings is 1. The van der Waals surface area contributed by atoms with E-state index in [0.717, 1.165) is 10.2 Å². The molecule has 1 aromatic carbocycles. The van der Waals surface area contributed by atoms with Crippen LogP contribution in [0.5, 0.6) is 0 Å². The van der Waals surface area contributed by atoms with Gasteiger partial charge in [-0.1, -0.05) is 44.4 Å². The van der Waals surface area contributed by atoms with Crippen LogP contribution < -0.4 is 0 Å². The summed E-state index contributed by atoms with van der Waals surface area (Å²) >= 11 is 3.40. The lowest BCUT2D eigenvalue weighted by Gasteiger charge is -1.97. The van der Waals surface area contributed by atoms with Crippen LogP contribution in [0.2, 0.25) is 0 Å². The van der Waals surface area contributed by atoms with Crippen LogP contribution in [0.1, 0.15) is 6.92 Å². The van der Waals surface area contributed by atoms with Gasteiger partial charge in [0.25, 0.3) is 0 Å². The lowest BCUT2D eigenvalue weighted by atomic mass is 10.4. The SMILES string of the molecule is CCSSc1ccc(Br)cc1. The van der Waals surface area contributed by atoms with E-state index in [-0.39, 0.29) is 0 Å². The molecule has 0 aromatic heterocycles. The first-order valence-electron chi connectivity index (χ1n) is 3.38. The summed E-state index contributed by atoms with van der Waals surface area (Å²) in [6, 6.07) is 8.38. The van der Waals surface area contributed by atoms with E-state index in [1.165, 1.54) is 4.90 Å². The molecule has 0 atom stereocenters. The zero-order chi connectivity index (χ0) is 8.10. The van der Waals surface area contributed by atoms with Crippen molar-refractivity contribution < 1.29 is 0 Å². The van der Waals surface area contributed by atoms with Crippen LogP contribution in [0, 0.1) is 0 Å². The second-order valence-electron chi connectivity index (χ2n) is 1.94. The molecule has 3 heteroatoms. The van der Waals surface area contributed by atoms with Gasteiger partial charge in [0.05, 0.1) is 0 Å². The largest absolute Gasteiger partial charge is 0.0892 e. The van der Waals surface area contributed by atoms with E-state index in [9.17, 15) is 0 Å². The fraction of sp³-hybridized carbons (Fsp3) is 0.250. The lowest BCUT2D eigenvalue weighted by molar-refractivity contribution is 1.45. The maximum Gasteiger partial charge on any atom is 0.0183 e. The molecule has 0 amide bonds. The van der Waals surface area contributed by atoms with Crippen molar-refractivity contribution in [1.82, 2.24) is 0 Å². The predicted octanol–water partition coefficient (Wildman–Crippen LogP) is 4.21. The Hall–Kier alpha value is 0.400. The fourth-order valence-corrected chi connectivity index (χ4v) is 2.48. The molecule has 0 aliphatic rings. The van der Waals surface area contributed by atoms with Crippen molar-refractivity contribution in [3.63, 3.8) is 0 Å². The molecule has 11 heavy (non-hydrogen) atoms. The van der Waals surface area contributed by atoms with E-state index in [1.54, 1.807) is 0 Å². The van der Waals surface area contributed by atoms with E-state index in [4.69, 9.17) is 0 Å². The number of hydrogen-bond donors (Lipinski definition) is 0. The van der Waals surface area contributed by atoms with Crippen molar-refractivity contribution in [3.8, 4) is 0 Å². The molecule has 1 aromatic rings. The minimum atomic E-state index is 1.14. The second-order valence-corrected chi connectivity index (χ2v) is 5.52. The summed E-state index contributed by atoms with van der Waals surface area (Å²) in [6.45, 7) is 2.16. The third-order valence-electron chi connectivity index (χ3n) is 1.09. The normalized spacial score (nSPS) is 10.0. The maximum atomic E-state index is 3.40. The zero-order valence-electron chi connectivity index (χ0n) is 6.21. The predicted molar refractivity (Wildman–Crippen MR) is 58.1 cm³/mol. The van der Waals surface area contributed by atoms with E-state index in [0.29, 0.717) is 0 Å². The Labute approximate surface area is 83.7 Å². The van der Waals surface area contributed by atoms with Gasteiger partial charge in [0.2, 0.25) is 0 Å². The van der Waals surface area contributed by atoms with Gasteiger partial charge in [0.1, 0.15) is 0 Å². The molecular weight excluding hydrogens is 240 g/mol. The van der Waals surface area contributed by atoms with Gasteiger partial charge in [-0.25, -0.2) is 0 Å². The molecule has 0 aliphatic carbocycles. The van der Waals surface area contributed by atoms with Gasteiger partial charge in [0, 0.05) is 15.1 Å². The Kier molecular flexibility index (Phi) is 4.41. The second kappa shape index (κ2) is 5.12. The van der Waals surface area contributed by atoms with Gasteiger partial charge in [-0.3, -0.25) is 0 Å². The van der Waals surface area contributed by atoms with Crippen molar-refractivity contribution >= 4 is 37.5 Å². The Morgan fingerprint density at radius 2 is 1.91 bits per heavy atom. The van der Waals surface area contributed by atoms with Crippen molar-refractivity contribution in [2.75, 3.05) is 5.75 Å². The van der Waals surface area contributed by atoms with Crippen LogP contribution in [0.25, 0.3) is 0 Å². The molecule has 0 saturated heterocycles. The summed E-state index contributed by atoms with van der Waals surface area (Å²) in [6.07, 6.45) is 0. The first-order valence-corrected chi connectivity index (χ1v) is 6.49. The first kappa shape index (κ1) is 9.49. The highest BCUT2D eigenvalue weighted by molar-refractivity contribution is 9.10. The van der Waals surface area contributed by atoms with Crippen LogP contribution in [0.4, 0.5) is 0 Å². The molecular formula is C8H9BrS2. The van der Waals surface area contributed by atoms with E-state index in [2.05, 4.69) is 47.1 Å². The Morgan fingerprint density at radius 3 is 2.45 bits per heavy atom. The molecule has 0 nitrogen and oxygen atoms in total. The highest BCUT2D eigenvalue weighted by Gasteiger charge is 1.91. The quantitative estimate of drug-likeness (QED) is 0.736. The Balaban J connectivity index is 2.52. The molecule has 0 spiro atoms. The van der Waals surface area contributed by atoms with Gasteiger partial charge in [-0.05, 0) is 24.3 Å². The lowest BCUT2D eigenvalue weighted by Crippen LogP contribution is -1.67. The molecule has 1 rings (SSSR count). The number of halogens is 1. The summed E-state index contributed by atoms with van der Waals surface area (Å²) in [5.74, 6) is 1.15. The van der Waals surface area contributed by atoms with E-state index in [1.807, 2.05) is 21.6 Å². The molecule has 0 radical (unpaired) electrons. The fourth-order valence-electron chi connectivity index (χ4n) is 0.617. The van der Waals surface area contributed by atoms with Gasteiger partial charge in [-0.2, -0.15) is 0 Å². The van der Waals surface area contributed by atoms with Crippen molar-refractivity contribution in [2.24, 2.45) is 0 Å². The molecule has 0 N–H and O–H groups in total. The molecule has 0 fully saturated rings. The van der Waals surface area contributed by atoms with Crippen molar-refractivity contribution in [3.05, 3.63) is 28.7 Å². The summed E-state index contributed by atoms with van der Waals surface area (Å²) in [7, 11) is 3.69. The van der Waals surface area contributed by atoms with Crippen LogP contribution in [0.15, 0.2) is 33.6 Å². The number of rotatable bonds is 3. The monoisotopic (exact) mass is 248 g/mol. The topological polar surface area (TPSA) is 0 Å². The minimum Gasteiger partial charge on any atom is -0.0892 e. The van der Waals surface area contributed by atoms with Gasteiger partial charge in [-0.15, -0.1) is 0 Å². The van der Waals surface area contributed by atoms with E-state index >= 15 is 0 Å². The average Bonchev–Trinajstić information content (AvgIpc) is 2.04. The third kappa shape index (κ3) is 3.54. The summed E-state index contributed by atoms with van der Waals surface area (Å²) in [4.78, 5) is 1.32. The maximum absolute atomic E-state index is 3.40. The number of hydrogen-bond acceptors (Lipinski definition) is 2. The summed E-state index contributed by atoms with van der Waals surface area (Å²) < 4.78 is 1.14. The standard InChI is InChI=1S/C8H9BrS2/c1-2-10-11-8-5-3-7(9)4-6-8/h3-6H,2H2,1H3. The van der Waals surface area contributed by atoms with Gasteiger partial charge < -0.3 is 0 Å². The molecule has 60 valence electrons. The highest BCUT2D eigenvalue weighted by atomic mass is 79.9. The van der Waals surface area contributed by atoms with Crippen LogP contribution in [-0.2, 0) is 0 Å². The highest BCUT2D eigenvalue weighted by Crippen LogP contribution is 2.30. The molecule has 0 heterocycles. The Bertz CT molecular complexity index is 208. The molecule has 0 bridgehead atoms. The van der Waals surface area contributed by atoms with Crippen LogP contribution in [-0.4, -0.2) is 5.75 Å². The molecule has 0 unspecified atom stereocenters. The van der Waals surface area contributed by atoms with Crippen molar-refractivity contribution in [1.29, 1.82) is 0 Å². The minimum absolute atomic E-state index is 1.14. The van der Waals surface area contributed by atoms with Crippen LogP contribution >= 0.6 is 37.5 Å². The summed E-state index contributed by atoms with van der Waals surface area (Å²) in [5.41, 5.74) is 0. The van der Waals surface area contributed by atoms with E-state index < -0.39 is 0 Å². The summed E-state index contributed by atoms with van der Waals surface area (Å²) in [5, 5.41) is 0. The van der Waals surface area contributed by atoms with Gasteiger partial charge >= 0.3 is 0 Å². The van der Waals surface area contributed by atoms with Crippen LogP contribution in [0.3, 0.4) is 0 Å². The van der Waals surface area contributed by atoms with Crippen molar-refractivity contribution in [2.45, 2.75) is 11.8 Å². The first-order chi connectivity index (χ1) is 5.33.